The van der Waals surface area contributed by atoms with E-state index in [9.17, 15) is 8.78 Å². The maximum Gasteiger partial charge on any atom is 0.176 e. The van der Waals surface area contributed by atoms with Crippen molar-refractivity contribution in [2.75, 3.05) is 51.8 Å². The van der Waals surface area contributed by atoms with Gasteiger partial charge in [-0.05, 0) is 49.8 Å². The highest BCUT2D eigenvalue weighted by atomic mass is 32.1. The van der Waals surface area contributed by atoms with Crippen LogP contribution in [0.4, 0.5) is 14.5 Å². The molecule has 2 aromatic carbocycles. The molecule has 1 unspecified atom stereocenters. The highest BCUT2D eigenvalue weighted by molar-refractivity contribution is 7.80. The van der Waals surface area contributed by atoms with Gasteiger partial charge in [0.25, 0.3) is 0 Å². The second-order valence-electron chi connectivity index (χ2n) is 8.29. The van der Waals surface area contributed by atoms with Gasteiger partial charge < -0.3 is 24.1 Å². The van der Waals surface area contributed by atoms with Gasteiger partial charge in [0.1, 0.15) is 17.4 Å². The van der Waals surface area contributed by atoms with Crippen molar-refractivity contribution in [1.29, 1.82) is 0 Å². The summed E-state index contributed by atoms with van der Waals surface area (Å²) in [5, 5.41) is 4.30. The standard InChI is InChI=1S/C25H29F2N3O3S/c1-17(23-13-18-5-3-6-22(31-2)24(18)33-23)30(8-4-7-29-9-11-32-12-10-29)25(34)28-21-15-19(26)14-20(27)16-21/h3,5-6,13-17H,4,7-12H2,1-2H3,(H,28,34). The van der Waals surface area contributed by atoms with Crippen LogP contribution < -0.4 is 10.1 Å². The van der Waals surface area contributed by atoms with Crippen molar-refractivity contribution < 1.29 is 22.7 Å². The topological polar surface area (TPSA) is 50.1 Å². The lowest BCUT2D eigenvalue weighted by molar-refractivity contribution is 0.0365. The first-order valence-electron chi connectivity index (χ1n) is 11.3. The van der Waals surface area contributed by atoms with Gasteiger partial charge in [-0.3, -0.25) is 4.90 Å². The number of fused-ring (bicyclic) bond motifs is 1. The number of ether oxygens (including phenoxy) is 2. The summed E-state index contributed by atoms with van der Waals surface area (Å²) in [5.74, 6) is 0.0504. The maximum absolute atomic E-state index is 13.7. The third-order valence-electron chi connectivity index (χ3n) is 5.98. The molecule has 6 nitrogen and oxygen atoms in total. The number of nitrogens with zero attached hydrogens (tertiary/aromatic N) is 2. The third-order valence-corrected chi connectivity index (χ3v) is 6.31. The number of nitrogens with one attached hydrogen (secondary N) is 1. The Kier molecular flexibility index (Phi) is 7.97. The SMILES string of the molecule is COc1cccc2cc(C(C)N(CCCN3CCOCC3)C(=S)Nc3cc(F)cc(F)c3)oc12. The Labute approximate surface area is 203 Å². The van der Waals surface area contributed by atoms with Gasteiger partial charge in [0.05, 0.1) is 26.4 Å². The van der Waals surface area contributed by atoms with Crippen LogP contribution in [0, 0.1) is 11.6 Å². The molecule has 0 bridgehead atoms. The van der Waals surface area contributed by atoms with E-state index < -0.39 is 11.6 Å². The highest BCUT2D eigenvalue weighted by Gasteiger charge is 2.24. The van der Waals surface area contributed by atoms with E-state index in [2.05, 4.69) is 10.2 Å². The number of morpholine rings is 1. The minimum absolute atomic E-state index is 0.222. The molecular formula is C25H29F2N3O3S. The summed E-state index contributed by atoms with van der Waals surface area (Å²) in [4.78, 5) is 4.35. The van der Waals surface area contributed by atoms with E-state index in [1.807, 2.05) is 36.1 Å². The van der Waals surface area contributed by atoms with Crippen LogP contribution in [0.25, 0.3) is 11.0 Å². The molecule has 0 spiro atoms. The number of anilines is 1. The summed E-state index contributed by atoms with van der Waals surface area (Å²) in [7, 11) is 1.61. The second kappa shape index (κ2) is 11.1. The summed E-state index contributed by atoms with van der Waals surface area (Å²) in [5.41, 5.74) is 0.936. The lowest BCUT2D eigenvalue weighted by Gasteiger charge is -2.32. The van der Waals surface area contributed by atoms with Gasteiger partial charge >= 0.3 is 0 Å². The van der Waals surface area contributed by atoms with Crippen LogP contribution in [-0.2, 0) is 4.74 Å². The van der Waals surface area contributed by atoms with Crippen LogP contribution >= 0.6 is 12.2 Å². The van der Waals surface area contributed by atoms with Crippen LogP contribution in [0.1, 0.15) is 25.1 Å². The molecule has 1 atom stereocenters. The summed E-state index contributed by atoms with van der Waals surface area (Å²) in [6, 6.07) is 10.8. The molecule has 1 aromatic heterocycles. The fourth-order valence-corrected chi connectivity index (χ4v) is 4.53. The average molecular weight is 490 g/mol. The van der Waals surface area contributed by atoms with E-state index in [-0.39, 0.29) is 11.7 Å². The van der Waals surface area contributed by atoms with Crippen molar-refractivity contribution in [3.05, 3.63) is 59.9 Å². The molecule has 0 amide bonds. The monoisotopic (exact) mass is 489 g/mol. The number of hydrogen-bond acceptors (Lipinski definition) is 5. The Morgan fingerprint density at radius 2 is 1.91 bits per heavy atom. The van der Waals surface area contributed by atoms with E-state index in [1.54, 1.807) is 7.11 Å². The molecule has 1 saturated heterocycles. The molecule has 1 fully saturated rings. The Morgan fingerprint density at radius 3 is 2.62 bits per heavy atom. The number of hydrogen-bond donors (Lipinski definition) is 1. The van der Waals surface area contributed by atoms with Gasteiger partial charge in [-0.2, -0.15) is 0 Å². The zero-order chi connectivity index (χ0) is 24.1. The van der Waals surface area contributed by atoms with Crippen molar-refractivity contribution in [2.24, 2.45) is 0 Å². The third kappa shape index (κ3) is 5.84. The molecule has 3 aromatic rings. The van der Waals surface area contributed by atoms with Gasteiger partial charge in [0, 0.05) is 43.3 Å². The number of methoxy groups -OCH3 is 1. The Morgan fingerprint density at radius 1 is 1.18 bits per heavy atom. The predicted octanol–water partition coefficient (Wildman–Crippen LogP) is 5.20. The first-order chi connectivity index (χ1) is 16.4. The van der Waals surface area contributed by atoms with Crippen molar-refractivity contribution in [1.82, 2.24) is 9.80 Å². The minimum Gasteiger partial charge on any atom is -0.493 e. The predicted molar refractivity (Wildman–Crippen MR) is 132 cm³/mol. The fraction of sp³-hybridized carbons (Fsp3) is 0.400. The van der Waals surface area contributed by atoms with Crippen LogP contribution in [0.15, 0.2) is 46.9 Å². The van der Waals surface area contributed by atoms with E-state index in [4.69, 9.17) is 26.1 Å². The molecule has 182 valence electrons. The largest absolute Gasteiger partial charge is 0.493 e. The Hall–Kier alpha value is -2.75. The van der Waals surface area contributed by atoms with Gasteiger partial charge in [-0.15, -0.1) is 0 Å². The van der Waals surface area contributed by atoms with E-state index in [1.165, 1.54) is 12.1 Å². The molecule has 9 heteroatoms. The van der Waals surface area contributed by atoms with Crippen molar-refractivity contribution in [3.8, 4) is 5.75 Å². The lowest BCUT2D eigenvalue weighted by Crippen LogP contribution is -2.41. The number of rotatable bonds is 8. The summed E-state index contributed by atoms with van der Waals surface area (Å²) >= 11 is 5.69. The van der Waals surface area contributed by atoms with Crippen molar-refractivity contribution in [2.45, 2.75) is 19.4 Å². The normalized spacial score (nSPS) is 15.3. The van der Waals surface area contributed by atoms with Crippen LogP contribution in [-0.4, -0.2) is 61.4 Å². The number of furan rings is 1. The molecule has 1 aliphatic rings. The van der Waals surface area contributed by atoms with Gasteiger partial charge in [-0.1, -0.05) is 12.1 Å². The summed E-state index contributed by atoms with van der Waals surface area (Å²) < 4.78 is 44.5. The Balaban J connectivity index is 1.54. The van der Waals surface area contributed by atoms with E-state index >= 15 is 0 Å². The molecule has 34 heavy (non-hydrogen) atoms. The zero-order valence-corrected chi connectivity index (χ0v) is 20.2. The lowest BCUT2D eigenvalue weighted by atomic mass is 10.2. The maximum atomic E-state index is 13.7. The summed E-state index contributed by atoms with van der Waals surface area (Å²) in [6.45, 7) is 6.83. The van der Waals surface area contributed by atoms with E-state index in [0.29, 0.717) is 23.0 Å². The minimum atomic E-state index is -0.665. The smallest absolute Gasteiger partial charge is 0.176 e. The molecule has 1 aliphatic heterocycles. The zero-order valence-electron chi connectivity index (χ0n) is 19.4. The number of thiocarbonyl (C=S) groups is 1. The van der Waals surface area contributed by atoms with Crippen LogP contribution in [0.3, 0.4) is 0 Å². The molecule has 2 heterocycles. The molecule has 4 rings (SSSR count). The first-order valence-corrected chi connectivity index (χ1v) is 11.8. The van der Waals surface area contributed by atoms with Gasteiger partial charge in [0.15, 0.2) is 16.4 Å². The van der Waals surface area contributed by atoms with Crippen molar-refractivity contribution in [3.63, 3.8) is 0 Å². The fourth-order valence-electron chi connectivity index (χ4n) is 4.16. The molecule has 0 aliphatic carbocycles. The van der Waals surface area contributed by atoms with Crippen LogP contribution in [0.2, 0.25) is 0 Å². The number of halogens is 2. The number of para-hydroxylation sites is 1. The quantitative estimate of drug-likeness (QED) is 0.437. The van der Waals surface area contributed by atoms with Crippen molar-refractivity contribution >= 4 is 34.0 Å². The molecule has 1 N–H and O–H groups in total. The Bertz CT molecular complexity index is 1110. The second-order valence-corrected chi connectivity index (χ2v) is 8.68. The molecule has 0 radical (unpaired) electrons. The average Bonchev–Trinajstić information content (AvgIpc) is 3.26. The molecule has 0 saturated carbocycles. The highest BCUT2D eigenvalue weighted by Crippen LogP contribution is 2.33. The van der Waals surface area contributed by atoms with Crippen LogP contribution in [0.5, 0.6) is 5.75 Å². The number of benzene rings is 2. The van der Waals surface area contributed by atoms with Gasteiger partial charge in [0.2, 0.25) is 0 Å². The molecular weight excluding hydrogens is 460 g/mol. The van der Waals surface area contributed by atoms with Gasteiger partial charge in [-0.25, -0.2) is 8.78 Å². The van der Waals surface area contributed by atoms with E-state index in [0.717, 1.165) is 56.5 Å². The first kappa shape index (κ1) is 24.4. The summed E-state index contributed by atoms with van der Waals surface area (Å²) in [6.07, 6.45) is 0.854.